The first-order chi connectivity index (χ1) is 14.9. The number of ether oxygens (including phenoxy) is 1. The van der Waals surface area contributed by atoms with Crippen molar-refractivity contribution in [3.63, 3.8) is 0 Å². The predicted molar refractivity (Wildman–Crippen MR) is 119 cm³/mol. The van der Waals surface area contributed by atoms with Gasteiger partial charge in [-0.15, -0.1) is 10.2 Å². The Hall–Kier alpha value is -2.71. The van der Waals surface area contributed by atoms with Gasteiger partial charge in [0.2, 0.25) is 5.91 Å². The number of thioether (sulfide) groups is 1. The molecular weight excluding hydrogens is 415 g/mol. The van der Waals surface area contributed by atoms with Crippen LogP contribution in [0.15, 0.2) is 53.7 Å². The number of benzene rings is 2. The van der Waals surface area contributed by atoms with E-state index < -0.39 is 0 Å². The number of rotatable bonds is 5. The van der Waals surface area contributed by atoms with Gasteiger partial charge in [-0.1, -0.05) is 41.6 Å². The molecule has 0 aliphatic carbocycles. The minimum absolute atomic E-state index is 0.0153. The van der Waals surface area contributed by atoms with Gasteiger partial charge in [0.25, 0.3) is 0 Å². The first-order valence-corrected chi connectivity index (χ1v) is 11.2. The van der Waals surface area contributed by atoms with Crippen molar-refractivity contribution in [3.05, 3.63) is 59.9 Å². The Labute approximate surface area is 185 Å². The van der Waals surface area contributed by atoms with Crippen LogP contribution >= 0.6 is 11.8 Å². The van der Waals surface area contributed by atoms with Gasteiger partial charge in [-0.05, 0) is 45.0 Å². The van der Waals surface area contributed by atoms with Crippen molar-refractivity contribution >= 4 is 17.7 Å². The molecule has 0 saturated carbocycles. The molecule has 2 atom stereocenters. The van der Waals surface area contributed by atoms with E-state index in [0.717, 1.165) is 11.3 Å². The molecule has 3 aromatic rings. The van der Waals surface area contributed by atoms with Crippen molar-refractivity contribution in [2.75, 3.05) is 18.8 Å². The molecule has 4 rings (SSSR count). The number of amides is 1. The molecule has 1 saturated heterocycles. The summed E-state index contributed by atoms with van der Waals surface area (Å²) >= 11 is 1.31. The molecule has 6 nitrogen and oxygen atoms in total. The quantitative estimate of drug-likeness (QED) is 0.559. The van der Waals surface area contributed by atoms with Crippen LogP contribution in [0.4, 0.5) is 4.39 Å². The summed E-state index contributed by atoms with van der Waals surface area (Å²) in [5.74, 6) is 0.288. The molecule has 0 unspecified atom stereocenters. The number of hydrogen-bond donors (Lipinski definition) is 0. The Balaban J connectivity index is 1.62. The SMILES string of the molecule is Cc1ccc(-n2c(SCC(=O)N3C[C@H](C)O[C@@H](C)C3)nnc2-c2ccccc2F)cc1. The van der Waals surface area contributed by atoms with Crippen LogP contribution in [0.25, 0.3) is 17.1 Å². The van der Waals surface area contributed by atoms with Gasteiger partial charge in [0.1, 0.15) is 5.82 Å². The summed E-state index contributed by atoms with van der Waals surface area (Å²) in [5, 5.41) is 9.11. The lowest BCUT2D eigenvalue weighted by Gasteiger charge is -2.35. The fourth-order valence-electron chi connectivity index (χ4n) is 3.71. The van der Waals surface area contributed by atoms with E-state index in [1.807, 2.05) is 49.9 Å². The van der Waals surface area contributed by atoms with Crippen molar-refractivity contribution in [1.82, 2.24) is 19.7 Å². The topological polar surface area (TPSA) is 60.2 Å². The predicted octanol–water partition coefficient (Wildman–Crippen LogP) is 4.11. The minimum Gasteiger partial charge on any atom is -0.372 e. The Kier molecular flexibility index (Phi) is 6.38. The van der Waals surface area contributed by atoms with E-state index in [-0.39, 0.29) is 29.7 Å². The van der Waals surface area contributed by atoms with Crippen LogP contribution in [-0.2, 0) is 9.53 Å². The highest BCUT2D eigenvalue weighted by Gasteiger charge is 2.27. The molecule has 8 heteroatoms. The van der Waals surface area contributed by atoms with Gasteiger partial charge < -0.3 is 9.64 Å². The average molecular weight is 441 g/mol. The van der Waals surface area contributed by atoms with E-state index in [0.29, 0.717) is 29.6 Å². The second-order valence-corrected chi connectivity index (χ2v) is 8.74. The Morgan fingerprint density at radius 3 is 2.45 bits per heavy atom. The van der Waals surface area contributed by atoms with E-state index in [1.54, 1.807) is 22.8 Å². The molecule has 1 aliphatic heterocycles. The van der Waals surface area contributed by atoms with Crippen LogP contribution in [-0.4, -0.2) is 56.6 Å². The molecule has 31 heavy (non-hydrogen) atoms. The molecule has 1 amide bonds. The molecule has 2 heterocycles. The van der Waals surface area contributed by atoms with Crippen molar-refractivity contribution in [1.29, 1.82) is 0 Å². The van der Waals surface area contributed by atoms with Crippen molar-refractivity contribution in [2.24, 2.45) is 0 Å². The fourth-order valence-corrected chi connectivity index (χ4v) is 4.56. The van der Waals surface area contributed by atoms with Gasteiger partial charge in [0, 0.05) is 18.8 Å². The molecule has 0 bridgehead atoms. The molecule has 1 aromatic heterocycles. The van der Waals surface area contributed by atoms with E-state index in [1.165, 1.54) is 17.8 Å². The van der Waals surface area contributed by atoms with Gasteiger partial charge >= 0.3 is 0 Å². The summed E-state index contributed by atoms with van der Waals surface area (Å²) in [7, 11) is 0. The Morgan fingerprint density at radius 2 is 1.77 bits per heavy atom. The van der Waals surface area contributed by atoms with Crippen LogP contribution in [0.2, 0.25) is 0 Å². The second kappa shape index (κ2) is 9.20. The normalized spacial score (nSPS) is 18.9. The maximum Gasteiger partial charge on any atom is 0.233 e. The molecule has 0 spiro atoms. The number of halogens is 1. The van der Waals surface area contributed by atoms with Gasteiger partial charge in [-0.25, -0.2) is 4.39 Å². The highest BCUT2D eigenvalue weighted by molar-refractivity contribution is 7.99. The molecule has 1 fully saturated rings. The van der Waals surface area contributed by atoms with Crippen LogP contribution in [0.3, 0.4) is 0 Å². The van der Waals surface area contributed by atoms with E-state index in [2.05, 4.69) is 10.2 Å². The molecule has 1 aliphatic rings. The van der Waals surface area contributed by atoms with Gasteiger partial charge in [-0.2, -0.15) is 0 Å². The van der Waals surface area contributed by atoms with Crippen LogP contribution in [0, 0.1) is 12.7 Å². The number of carbonyl (C=O) groups is 1. The van der Waals surface area contributed by atoms with Crippen molar-refractivity contribution in [2.45, 2.75) is 38.1 Å². The third-order valence-electron chi connectivity index (χ3n) is 5.14. The Morgan fingerprint density at radius 1 is 1.10 bits per heavy atom. The zero-order chi connectivity index (χ0) is 22.0. The lowest BCUT2D eigenvalue weighted by molar-refractivity contribution is -0.140. The van der Waals surface area contributed by atoms with E-state index >= 15 is 0 Å². The molecule has 162 valence electrons. The minimum atomic E-state index is -0.368. The van der Waals surface area contributed by atoms with Crippen molar-refractivity contribution in [3.8, 4) is 17.1 Å². The molecular formula is C23H25FN4O2S. The van der Waals surface area contributed by atoms with E-state index in [9.17, 15) is 9.18 Å². The van der Waals surface area contributed by atoms with Crippen molar-refractivity contribution < 1.29 is 13.9 Å². The summed E-state index contributed by atoms with van der Waals surface area (Å²) in [6.07, 6.45) is 0.0307. The highest BCUT2D eigenvalue weighted by Crippen LogP contribution is 2.30. The molecule has 2 aromatic carbocycles. The van der Waals surface area contributed by atoms with Crippen LogP contribution < -0.4 is 0 Å². The number of hydrogen-bond acceptors (Lipinski definition) is 5. The molecule has 0 N–H and O–H groups in total. The zero-order valence-corrected chi connectivity index (χ0v) is 18.6. The molecule has 0 radical (unpaired) electrons. The number of aromatic nitrogens is 3. The summed E-state index contributed by atoms with van der Waals surface area (Å²) < 4.78 is 22.0. The zero-order valence-electron chi connectivity index (χ0n) is 17.8. The second-order valence-electron chi connectivity index (χ2n) is 7.80. The smallest absolute Gasteiger partial charge is 0.233 e. The van der Waals surface area contributed by atoms with Gasteiger partial charge in [0.05, 0.1) is 23.5 Å². The lowest BCUT2D eigenvalue weighted by Crippen LogP contribution is -2.48. The lowest BCUT2D eigenvalue weighted by atomic mass is 10.2. The standard InChI is InChI=1S/C23H25FN4O2S/c1-15-8-10-18(11-9-15)28-22(19-6-4-5-7-20(19)24)25-26-23(28)31-14-21(29)27-12-16(2)30-17(3)13-27/h4-11,16-17H,12-14H2,1-3H3/t16-,17-/m0/s1. The summed E-state index contributed by atoms with van der Waals surface area (Å²) in [6, 6.07) is 14.3. The number of nitrogens with zero attached hydrogens (tertiary/aromatic N) is 4. The highest BCUT2D eigenvalue weighted by atomic mass is 32.2. The fraction of sp³-hybridized carbons (Fsp3) is 0.348. The van der Waals surface area contributed by atoms with Gasteiger partial charge in [-0.3, -0.25) is 9.36 Å². The number of carbonyl (C=O) groups excluding carboxylic acids is 1. The monoisotopic (exact) mass is 440 g/mol. The summed E-state index contributed by atoms with van der Waals surface area (Å²) in [4.78, 5) is 14.6. The average Bonchev–Trinajstić information content (AvgIpc) is 3.16. The number of aryl methyl sites for hydroxylation is 1. The van der Waals surface area contributed by atoms with Crippen LogP contribution in [0.1, 0.15) is 19.4 Å². The maximum absolute atomic E-state index is 14.5. The number of morpholine rings is 1. The third-order valence-corrected chi connectivity index (χ3v) is 6.05. The first kappa shape index (κ1) is 21.5. The Bertz CT molecular complexity index is 1060. The summed E-state index contributed by atoms with van der Waals surface area (Å²) in [6.45, 7) is 7.10. The van der Waals surface area contributed by atoms with Crippen LogP contribution in [0.5, 0.6) is 0 Å². The third kappa shape index (κ3) is 4.80. The van der Waals surface area contributed by atoms with Gasteiger partial charge in [0.15, 0.2) is 11.0 Å². The summed E-state index contributed by atoms with van der Waals surface area (Å²) in [5.41, 5.74) is 2.30. The van der Waals surface area contributed by atoms with E-state index in [4.69, 9.17) is 4.74 Å². The largest absolute Gasteiger partial charge is 0.372 e. The first-order valence-electron chi connectivity index (χ1n) is 10.3. The maximum atomic E-state index is 14.5.